The Labute approximate surface area is 147 Å². The number of aromatic nitrogens is 1. The molecule has 9 heteroatoms. The van der Waals surface area contributed by atoms with Gasteiger partial charge in [0.25, 0.3) is 5.88 Å². The lowest BCUT2D eigenvalue weighted by molar-refractivity contribution is -0.145. The van der Waals surface area contributed by atoms with Crippen LogP contribution in [0.1, 0.15) is 6.92 Å². The van der Waals surface area contributed by atoms with Gasteiger partial charge in [-0.25, -0.2) is 19.0 Å². The molecule has 1 aromatic carbocycles. The van der Waals surface area contributed by atoms with Gasteiger partial charge in [-0.15, -0.1) is 0 Å². The maximum atomic E-state index is 13.6. The van der Waals surface area contributed by atoms with Crippen molar-refractivity contribution in [2.45, 2.75) is 6.92 Å². The molecule has 25 heavy (non-hydrogen) atoms. The van der Waals surface area contributed by atoms with Crippen LogP contribution >= 0.6 is 11.6 Å². The number of esters is 1. The summed E-state index contributed by atoms with van der Waals surface area (Å²) in [6, 6.07) is 5.15. The van der Waals surface area contributed by atoms with Crippen LogP contribution in [0.4, 0.5) is 10.1 Å². The van der Waals surface area contributed by atoms with Crippen LogP contribution in [0.5, 0.6) is 17.4 Å². The van der Waals surface area contributed by atoms with Gasteiger partial charge in [-0.2, -0.15) is 4.99 Å². The number of ether oxygens (including phenoxy) is 3. The van der Waals surface area contributed by atoms with E-state index in [0.717, 1.165) is 12.1 Å². The van der Waals surface area contributed by atoms with Crippen molar-refractivity contribution in [3.63, 3.8) is 0 Å². The molecule has 2 aromatic rings. The zero-order valence-corrected chi connectivity index (χ0v) is 13.7. The average molecular weight is 367 g/mol. The Hall–Kier alpha value is -2.96. The van der Waals surface area contributed by atoms with Crippen molar-refractivity contribution in [2.75, 3.05) is 13.2 Å². The molecular formula is C16H12ClFN2O5. The van der Waals surface area contributed by atoms with Gasteiger partial charge in [-0.05, 0) is 25.1 Å². The smallest absolute Gasteiger partial charge is 0.344 e. The fraction of sp³-hybridized carbons (Fsp3) is 0.188. The summed E-state index contributed by atoms with van der Waals surface area (Å²) in [5.74, 6) is -1.21. The lowest BCUT2D eigenvalue weighted by atomic mass is 10.3. The first kappa shape index (κ1) is 18.4. The van der Waals surface area contributed by atoms with Crippen LogP contribution in [0.2, 0.25) is 5.02 Å². The molecule has 7 nitrogen and oxygen atoms in total. The van der Waals surface area contributed by atoms with Crippen LogP contribution in [-0.2, 0) is 14.3 Å². The SMILES string of the molecule is CCOC(=O)COc1ncccc1Oc1cc(N=C=O)c(F)cc1Cl. The molecule has 0 bridgehead atoms. The number of rotatable bonds is 7. The summed E-state index contributed by atoms with van der Waals surface area (Å²) in [5.41, 5.74) is -0.285. The predicted octanol–water partition coefficient (Wildman–Crippen LogP) is 3.58. The third-order valence-electron chi connectivity index (χ3n) is 2.76. The van der Waals surface area contributed by atoms with Gasteiger partial charge in [-0.1, -0.05) is 11.6 Å². The molecule has 0 aliphatic rings. The predicted molar refractivity (Wildman–Crippen MR) is 85.6 cm³/mol. The van der Waals surface area contributed by atoms with Crippen molar-refractivity contribution < 1.29 is 28.2 Å². The van der Waals surface area contributed by atoms with Crippen LogP contribution in [-0.4, -0.2) is 30.2 Å². The van der Waals surface area contributed by atoms with E-state index in [1.165, 1.54) is 18.3 Å². The number of benzene rings is 1. The van der Waals surface area contributed by atoms with E-state index in [0.29, 0.717) is 0 Å². The highest BCUT2D eigenvalue weighted by atomic mass is 35.5. The molecule has 0 spiro atoms. The summed E-state index contributed by atoms with van der Waals surface area (Å²) in [5, 5.41) is -0.0532. The molecule has 130 valence electrons. The molecule has 1 heterocycles. The van der Waals surface area contributed by atoms with Gasteiger partial charge < -0.3 is 14.2 Å². The number of nitrogens with zero attached hydrogens (tertiary/aromatic N) is 2. The third kappa shape index (κ3) is 5.00. The van der Waals surface area contributed by atoms with Gasteiger partial charge in [0.2, 0.25) is 6.08 Å². The Bertz CT molecular complexity index is 824. The van der Waals surface area contributed by atoms with Crippen LogP contribution in [0.3, 0.4) is 0 Å². The van der Waals surface area contributed by atoms with E-state index in [1.807, 2.05) is 0 Å². The Morgan fingerprint density at radius 3 is 2.92 bits per heavy atom. The maximum Gasteiger partial charge on any atom is 0.344 e. The second kappa shape index (κ2) is 8.77. The van der Waals surface area contributed by atoms with E-state index in [4.69, 9.17) is 25.8 Å². The van der Waals surface area contributed by atoms with Crippen molar-refractivity contribution >= 4 is 29.3 Å². The van der Waals surface area contributed by atoms with Gasteiger partial charge in [0, 0.05) is 12.3 Å². The van der Waals surface area contributed by atoms with Crippen LogP contribution in [0, 0.1) is 5.82 Å². The number of carbonyl (C=O) groups is 1. The lowest BCUT2D eigenvalue weighted by Crippen LogP contribution is -2.15. The molecule has 0 amide bonds. The topological polar surface area (TPSA) is 87.1 Å². The summed E-state index contributed by atoms with van der Waals surface area (Å²) in [6.07, 6.45) is 2.67. The zero-order valence-electron chi connectivity index (χ0n) is 13.0. The molecule has 0 saturated carbocycles. The largest absolute Gasteiger partial charge is 0.463 e. The van der Waals surface area contributed by atoms with Crippen LogP contribution in [0.25, 0.3) is 0 Å². The number of pyridine rings is 1. The summed E-state index contributed by atoms with van der Waals surface area (Å²) in [6.45, 7) is 1.53. The minimum atomic E-state index is -0.800. The van der Waals surface area contributed by atoms with E-state index < -0.39 is 11.8 Å². The summed E-state index contributed by atoms with van der Waals surface area (Å²) in [7, 11) is 0. The molecule has 0 fully saturated rings. The number of hydrogen-bond donors (Lipinski definition) is 0. The first-order chi connectivity index (χ1) is 12.0. The van der Waals surface area contributed by atoms with Gasteiger partial charge in [-0.3, -0.25) is 0 Å². The fourth-order valence-electron chi connectivity index (χ4n) is 1.74. The quantitative estimate of drug-likeness (QED) is 0.423. The first-order valence-electron chi connectivity index (χ1n) is 7.03. The van der Waals surface area contributed by atoms with E-state index in [1.54, 1.807) is 13.0 Å². The third-order valence-corrected chi connectivity index (χ3v) is 3.05. The molecule has 2 rings (SSSR count). The molecule has 0 N–H and O–H groups in total. The van der Waals surface area contributed by atoms with Crippen molar-refractivity contribution in [1.82, 2.24) is 4.98 Å². The number of hydrogen-bond acceptors (Lipinski definition) is 7. The highest BCUT2D eigenvalue weighted by molar-refractivity contribution is 6.32. The summed E-state index contributed by atoms with van der Waals surface area (Å²) in [4.78, 5) is 28.9. The van der Waals surface area contributed by atoms with E-state index in [9.17, 15) is 14.0 Å². The molecule has 0 aliphatic carbocycles. The second-order valence-corrected chi connectivity index (χ2v) is 4.85. The first-order valence-corrected chi connectivity index (χ1v) is 7.41. The minimum Gasteiger partial charge on any atom is -0.463 e. The summed E-state index contributed by atoms with van der Waals surface area (Å²) >= 11 is 5.93. The molecule has 1 aromatic heterocycles. The number of aliphatic imine (C=N–C) groups is 1. The lowest BCUT2D eigenvalue weighted by Gasteiger charge is -2.12. The Balaban J connectivity index is 2.24. The highest BCUT2D eigenvalue weighted by Crippen LogP contribution is 2.37. The summed E-state index contributed by atoms with van der Waals surface area (Å²) < 4.78 is 29.2. The molecule has 0 radical (unpaired) electrons. The average Bonchev–Trinajstić information content (AvgIpc) is 2.58. The Morgan fingerprint density at radius 1 is 1.40 bits per heavy atom. The molecule has 0 aliphatic heterocycles. The van der Waals surface area contributed by atoms with Gasteiger partial charge in [0.05, 0.1) is 11.6 Å². The number of carbonyl (C=O) groups excluding carboxylic acids is 2. The second-order valence-electron chi connectivity index (χ2n) is 4.44. The van der Waals surface area contributed by atoms with Gasteiger partial charge in [0.15, 0.2) is 18.2 Å². The number of halogens is 2. The Morgan fingerprint density at radius 2 is 2.20 bits per heavy atom. The minimum absolute atomic E-state index is 0.0105. The maximum absolute atomic E-state index is 13.6. The number of isocyanates is 1. The molecule has 0 atom stereocenters. The van der Waals surface area contributed by atoms with Crippen molar-refractivity contribution in [1.29, 1.82) is 0 Å². The van der Waals surface area contributed by atoms with E-state index >= 15 is 0 Å². The van der Waals surface area contributed by atoms with Gasteiger partial charge in [0.1, 0.15) is 11.4 Å². The zero-order chi connectivity index (χ0) is 18.2. The van der Waals surface area contributed by atoms with Crippen LogP contribution < -0.4 is 9.47 Å². The monoisotopic (exact) mass is 366 g/mol. The van der Waals surface area contributed by atoms with Crippen LogP contribution in [0.15, 0.2) is 35.5 Å². The normalized spacial score (nSPS) is 9.88. The highest BCUT2D eigenvalue weighted by Gasteiger charge is 2.14. The van der Waals surface area contributed by atoms with Crippen molar-refractivity contribution in [3.8, 4) is 17.4 Å². The van der Waals surface area contributed by atoms with Gasteiger partial charge >= 0.3 is 5.97 Å². The van der Waals surface area contributed by atoms with Crippen molar-refractivity contribution in [3.05, 3.63) is 41.3 Å². The standard InChI is InChI=1S/C16H12ClFN2O5/c1-2-23-15(22)8-24-16-13(4-3-5-19-16)25-14-7-12(20-9-21)11(18)6-10(14)17/h3-7H,2,8H2,1H3. The Kier molecular flexibility index (Phi) is 6.45. The van der Waals surface area contributed by atoms with E-state index in [-0.39, 0.29) is 41.3 Å². The molecular weight excluding hydrogens is 355 g/mol. The van der Waals surface area contributed by atoms with E-state index in [2.05, 4.69) is 9.98 Å². The molecule has 0 saturated heterocycles. The van der Waals surface area contributed by atoms with Crippen molar-refractivity contribution in [2.24, 2.45) is 4.99 Å². The fourth-order valence-corrected chi connectivity index (χ4v) is 1.93. The molecule has 0 unspecified atom stereocenters.